The Bertz CT molecular complexity index is 380. The molecule has 16 heavy (non-hydrogen) atoms. The van der Waals surface area contributed by atoms with Crippen LogP contribution in [0.3, 0.4) is 0 Å². The van der Waals surface area contributed by atoms with Crippen LogP contribution in [0.2, 0.25) is 0 Å². The SMILES string of the molecule is CCCN(C)C(=O)c1c(C)cc(C)n1CC. The molecule has 3 heteroatoms. The summed E-state index contributed by atoms with van der Waals surface area (Å²) in [4.78, 5) is 14.1. The van der Waals surface area contributed by atoms with E-state index in [-0.39, 0.29) is 5.91 Å². The highest BCUT2D eigenvalue weighted by Gasteiger charge is 2.19. The molecule has 0 aliphatic carbocycles. The minimum atomic E-state index is 0.134. The van der Waals surface area contributed by atoms with Crippen LogP contribution in [0, 0.1) is 13.8 Å². The Balaban J connectivity index is 3.07. The van der Waals surface area contributed by atoms with Crippen molar-refractivity contribution in [2.45, 2.75) is 40.7 Å². The third-order valence-corrected chi connectivity index (χ3v) is 2.92. The van der Waals surface area contributed by atoms with Gasteiger partial charge in [0, 0.05) is 25.8 Å². The molecule has 0 unspecified atom stereocenters. The molecular weight excluding hydrogens is 200 g/mol. The van der Waals surface area contributed by atoms with Crippen molar-refractivity contribution < 1.29 is 4.79 Å². The lowest BCUT2D eigenvalue weighted by Crippen LogP contribution is -2.30. The van der Waals surface area contributed by atoms with E-state index in [1.807, 2.05) is 20.9 Å². The van der Waals surface area contributed by atoms with Gasteiger partial charge in [-0.05, 0) is 38.8 Å². The molecule has 3 nitrogen and oxygen atoms in total. The van der Waals surface area contributed by atoms with E-state index in [1.54, 1.807) is 4.90 Å². The lowest BCUT2D eigenvalue weighted by Gasteiger charge is -2.18. The standard InChI is InChI=1S/C13H22N2O/c1-6-8-14(5)13(16)12-10(3)9-11(4)15(12)7-2/h9H,6-8H2,1-5H3. The second-order valence-corrected chi connectivity index (χ2v) is 4.29. The van der Waals surface area contributed by atoms with Crippen LogP contribution in [0.4, 0.5) is 0 Å². The topological polar surface area (TPSA) is 25.2 Å². The van der Waals surface area contributed by atoms with Gasteiger partial charge in [-0.15, -0.1) is 0 Å². The van der Waals surface area contributed by atoms with Crippen LogP contribution in [0.15, 0.2) is 6.07 Å². The highest BCUT2D eigenvalue weighted by Crippen LogP contribution is 2.16. The highest BCUT2D eigenvalue weighted by atomic mass is 16.2. The molecule has 0 saturated carbocycles. The Morgan fingerprint density at radius 3 is 2.50 bits per heavy atom. The monoisotopic (exact) mass is 222 g/mol. The van der Waals surface area contributed by atoms with E-state index in [9.17, 15) is 4.79 Å². The first-order chi connectivity index (χ1) is 7.52. The van der Waals surface area contributed by atoms with Crippen LogP contribution in [0.5, 0.6) is 0 Å². The molecule has 1 rings (SSSR count). The molecule has 1 aromatic heterocycles. The molecule has 1 amide bonds. The number of carbonyl (C=O) groups is 1. The first-order valence-corrected chi connectivity index (χ1v) is 5.95. The van der Waals surface area contributed by atoms with Crippen molar-refractivity contribution in [3.8, 4) is 0 Å². The van der Waals surface area contributed by atoms with E-state index in [4.69, 9.17) is 0 Å². The number of hydrogen-bond donors (Lipinski definition) is 0. The third-order valence-electron chi connectivity index (χ3n) is 2.92. The zero-order valence-electron chi connectivity index (χ0n) is 11.0. The maximum atomic E-state index is 12.3. The van der Waals surface area contributed by atoms with E-state index in [2.05, 4.69) is 24.5 Å². The van der Waals surface area contributed by atoms with Crippen molar-refractivity contribution in [3.63, 3.8) is 0 Å². The van der Waals surface area contributed by atoms with Gasteiger partial charge < -0.3 is 9.47 Å². The quantitative estimate of drug-likeness (QED) is 0.768. The smallest absolute Gasteiger partial charge is 0.270 e. The van der Waals surface area contributed by atoms with E-state index in [0.29, 0.717) is 0 Å². The van der Waals surface area contributed by atoms with Crippen LogP contribution in [-0.4, -0.2) is 29.0 Å². The van der Waals surface area contributed by atoms with Crippen molar-refractivity contribution in [2.75, 3.05) is 13.6 Å². The Hall–Kier alpha value is -1.25. The van der Waals surface area contributed by atoms with Crippen molar-refractivity contribution >= 4 is 5.91 Å². The summed E-state index contributed by atoms with van der Waals surface area (Å²) in [5, 5.41) is 0. The zero-order chi connectivity index (χ0) is 12.3. The largest absolute Gasteiger partial charge is 0.341 e. The van der Waals surface area contributed by atoms with Crippen molar-refractivity contribution in [1.82, 2.24) is 9.47 Å². The molecule has 0 spiro atoms. The molecular formula is C13H22N2O. The summed E-state index contributed by atoms with van der Waals surface area (Å²) in [7, 11) is 1.87. The lowest BCUT2D eigenvalue weighted by molar-refractivity contribution is 0.0783. The molecule has 0 fully saturated rings. The fourth-order valence-corrected chi connectivity index (χ4v) is 2.16. The highest BCUT2D eigenvalue weighted by molar-refractivity contribution is 5.94. The Labute approximate surface area is 98.1 Å². The van der Waals surface area contributed by atoms with Crippen LogP contribution < -0.4 is 0 Å². The molecule has 0 aliphatic heterocycles. The molecule has 90 valence electrons. The van der Waals surface area contributed by atoms with Gasteiger partial charge in [0.2, 0.25) is 0 Å². The summed E-state index contributed by atoms with van der Waals surface area (Å²) in [6.45, 7) is 9.87. The molecule has 0 aromatic carbocycles. The van der Waals surface area contributed by atoms with Gasteiger partial charge in [0.25, 0.3) is 5.91 Å². The van der Waals surface area contributed by atoms with Gasteiger partial charge in [0.15, 0.2) is 0 Å². The Morgan fingerprint density at radius 2 is 2.00 bits per heavy atom. The van der Waals surface area contributed by atoms with Gasteiger partial charge in [0.1, 0.15) is 5.69 Å². The van der Waals surface area contributed by atoms with Gasteiger partial charge in [-0.3, -0.25) is 4.79 Å². The van der Waals surface area contributed by atoms with E-state index in [0.717, 1.165) is 36.5 Å². The number of amides is 1. The molecule has 0 bridgehead atoms. The van der Waals surface area contributed by atoms with Gasteiger partial charge in [-0.1, -0.05) is 6.92 Å². The Morgan fingerprint density at radius 1 is 1.38 bits per heavy atom. The minimum Gasteiger partial charge on any atom is -0.341 e. The van der Waals surface area contributed by atoms with Gasteiger partial charge >= 0.3 is 0 Å². The predicted octanol–water partition coefficient (Wildman–Crippen LogP) is 2.61. The van der Waals surface area contributed by atoms with Gasteiger partial charge in [-0.25, -0.2) is 0 Å². The van der Waals surface area contributed by atoms with E-state index >= 15 is 0 Å². The number of aryl methyl sites for hydroxylation is 2. The van der Waals surface area contributed by atoms with E-state index in [1.165, 1.54) is 0 Å². The van der Waals surface area contributed by atoms with Crippen LogP contribution in [0.1, 0.15) is 42.0 Å². The van der Waals surface area contributed by atoms with Crippen molar-refractivity contribution in [2.24, 2.45) is 0 Å². The average Bonchev–Trinajstić information content (AvgIpc) is 2.52. The second-order valence-electron chi connectivity index (χ2n) is 4.29. The summed E-state index contributed by atoms with van der Waals surface area (Å²) >= 11 is 0. The minimum absolute atomic E-state index is 0.134. The lowest BCUT2D eigenvalue weighted by atomic mass is 10.2. The number of aromatic nitrogens is 1. The summed E-state index contributed by atoms with van der Waals surface area (Å²) in [5.41, 5.74) is 3.08. The first-order valence-electron chi connectivity index (χ1n) is 5.95. The van der Waals surface area contributed by atoms with Crippen LogP contribution in [0.25, 0.3) is 0 Å². The second kappa shape index (κ2) is 5.19. The van der Waals surface area contributed by atoms with E-state index < -0.39 is 0 Å². The van der Waals surface area contributed by atoms with Crippen LogP contribution in [-0.2, 0) is 6.54 Å². The maximum absolute atomic E-state index is 12.3. The molecule has 0 atom stereocenters. The van der Waals surface area contributed by atoms with Gasteiger partial charge in [-0.2, -0.15) is 0 Å². The summed E-state index contributed by atoms with van der Waals surface area (Å²) in [6.07, 6.45) is 0.993. The molecule has 1 aromatic rings. The average molecular weight is 222 g/mol. The number of hydrogen-bond acceptors (Lipinski definition) is 1. The molecule has 0 saturated heterocycles. The summed E-state index contributed by atoms with van der Waals surface area (Å²) < 4.78 is 2.09. The number of nitrogens with zero attached hydrogens (tertiary/aromatic N) is 2. The number of carbonyl (C=O) groups excluding carboxylic acids is 1. The molecule has 1 heterocycles. The maximum Gasteiger partial charge on any atom is 0.270 e. The molecule has 0 N–H and O–H groups in total. The summed E-state index contributed by atoms with van der Waals surface area (Å²) in [5.74, 6) is 0.134. The normalized spacial score (nSPS) is 10.6. The van der Waals surface area contributed by atoms with Crippen molar-refractivity contribution in [3.05, 3.63) is 23.0 Å². The fourth-order valence-electron chi connectivity index (χ4n) is 2.16. The Kier molecular flexibility index (Phi) is 4.16. The zero-order valence-corrected chi connectivity index (χ0v) is 11.0. The first kappa shape index (κ1) is 12.8. The van der Waals surface area contributed by atoms with Crippen molar-refractivity contribution in [1.29, 1.82) is 0 Å². The summed E-state index contributed by atoms with van der Waals surface area (Å²) in [6, 6.07) is 2.08. The van der Waals surface area contributed by atoms with Gasteiger partial charge in [0.05, 0.1) is 0 Å². The predicted molar refractivity (Wildman–Crippen MR) is 66.8 cm³/mol. The fraction of sp³-hybridized carbons (Fsp3) is 0.615. The molecule has 0 radical (unpaired) electrons. The third kappa shape index (κ3) is 2.29. The van der Waals surface area contributed by atoms with Crippen LogP contribution >= 0.6 is 0 Å². The number of rotatable bonds is 4. The molecule has 0 aliphatic rings.